The number of thioether (sulfide) groups is 1. The van der Waals surface area contributed by atoms with E-state index in [1.54, 1.807) is 24.2 Å². The van der Waals surface area contributed by atoms with Crippen LogP contribution in [0.1, 0.15) is 12.1 Å². The molecule has 2 rings (SSSR count). The summed E-state index contributed by atoms with van der Waals surface area (Å²) < 4.78 is 5.69. The first-order valence-corrected chi connectivity index (χ1v) is 6.75. The fourth-order valence-corrected chi connectivity index (χ4v) is 2.32. The lowest BCUT2D eigenvalue weighted by Gasteiger charge is -2.10. The predicted molar refractivity (Wildman–Crippen MR) is 71.7 cm³/mol. The minimum atomic E-state index is 0. The average Bonchev–Trinajstić information content (AvgIpc) is 2.83. The molecule has 1 N–H and O–H groups in total. The Morgan fingerprint density at radius 1 is 1.47 bits per heavy atom. The first-order chi connectivity index (χ1) is 7.90. The molecular formula is C11H18ClN3OS. The first-order valence-electron chi connectivity index (χ1n) is 5.52. The van der Waals surface area contributed by atoms with Crippen molar-refractivity contribution in [2.24, 2.45) is 5.92 Å². The maximum atomic E-state index is 5.69. The number of nitrogens with zero attached hydrogens (tertiary/aromatic N) is 2. The van der Waals surface area contributed by atoms with Gasteiger partial charge in [0.15, 0.2) is 0 Å². The summed E-state index contributed by atoms with van der Waals surface area (Å²) in [6.45, 7) is 3.59. The standard InChI is InChI=1S/C11H17N3OS.ClH/c1-16-11-10(13-4-5-14-11)8-15-7-9-2-3-12-6-9;/h4-5,9,12H,2-3,6-8H2,1H3;1H. The van der Waals surface area contributed by atoms with Gasteiger partial charge in [-0.25, -0.2) is 4.98 Å². The SMILES string of the molecule is CSc1nccnc1COCC1CCNC1.Cl. The molecule has 1 unspecified atom stereocenters. The molecule has 0 bridgehead atoms. The highest BCUT2D eigenvalue weighted by molar-refractivity contribution is 7.98. The summed E-state index contributed by atoms with van der Waals surface area (Å²) in [4.78, 5) is 8.55. The number of rotatable bonds is 5. The van der Waals surface area contributed by atoms with Gasteiger partial charge >= 0.3 is 0 Å². The molecule has 1 aromatic rings. The molecule has 0 spiro atoms. The average molecular weight is 276 g/mol. The van der Waals surface area contributed by atoms with Crippen LogP contribution in [0.2, 0.25) is 0 Å². The summed E-state index contributed by atoms with van der Waals surface area (Å²) in [6, 6.07) is 0. The quantitative estimate of drug-likeness (QED) is 0.830. The van der Waals surface area contributed by atoms with Crippen molar-refractivity contribution in [1.29, 1.82) is 0 Å². The van der Waals surface area contributed by atoms with Crippen molar-refractivity contribution in [1.82, 2.24) is 15.3 Å². The molecule has 1 saturated heterocycles. The smallest absolute Gasteiger partial charge is 0.120 e. The summed E-state index contributed by atoms with van der Waals surface area (Å²) in [5.41, 5.74) is 0.945. The molecule has 2 heterocycles. The van der Waals surface area contributed by atoms with Crippen LogP contribution < -0.4 is 5.32 Å². The molecule has 0 radical (unpaired) electrons. The summed E-state index contributed by atoms with van der Waals surface area (Å²) in [5, 5.41) is 4.30. The van der Waals surface area contributed by atoms with E-state index in [0.717, 1.165) is 30.4 Å². The van der Waals surface area contributed by atoms with Gasteiger partial charge in [-0.05, 0) is 25.1 Å². The second-order valence-corrected chi connectivity index (χ2v) is 4.68. The van der Waals surface area contributed by atoms with Crippen molar-refractivity contribution < 1.29 is 4.74 Å². The van der Waals surface area contributed by atoms with Crippen molar-refractivity contribution in [3.63, 3.8) is 0 Å². The third-order valence-electron chi connectivity index (χ3n) is 2.68. The number of hydrogen-bond acceptors (Lipinski definition) is 5. The summed E-state index contributed by atoms with van der Waals surface area (Å²) in [5.74, 6) is 0.661. The van der Waals surface area contributed by atoms with E-state index in [4.69, 9.17) is 4.74 Å². The van der Waals surface area contributed by atoms with E-state index < -0.39 is 0 Å². The lowest BCUT2D eigenvalue weighted by molar-refractivity contribution is 0.0884. The predicted octanol–water partition coefficient (Wildman–Crippen LogP) is 1.75. The van der Waals surface area contributed by atoms with E-state index in [0.29, 0.717) is 12.5 Å². The van der Waals surface area contributed by atoms with Crippen LogP contribution in [-0.4, -0.2) is 35.9 Å². The van der Waals surface area contributed by atoms with Gasteiger partial charge in [-0.1, -0.05) is 0 Å². The highest BCUT2D eigenvalue weighted by Crippen LogP contribution is 2.16. The number of nitrogens with one attached hydrogen (secondary N) is 1. The molecule has 1 aliphatic heterocycles. The van der Waals surface area contributed by atoms with Gasteiger partial charge in [-0.15, -0.1) is 24.2 Å². The zero-order valence-electron chi connectivity index (χ0n) is 9.89. The molecule has 96 valence electrons. The van der Waals surface area contributed by atoms with Crippen LogP contribution >= 0.6 is 24.2 Å². The molecular weight excluding hydrogens is 258 g/mol. The largest absolute Gasteiger partial charge is 0.375 e. The third kappa shape index (κ3) is 4.43. The second-order valence-electron chi connectivity index (χ2n) is 3.89. The Balaban J connectivity index is 0.00000144. The molecule has 0 saturated carbocycles. The normalized spacial score (nSPS) is 19.0. The maximum Gasteiger partial charge on any atom is 0.120 e. The van der Waals surface area contributed by atoms with Crippen molar-refractivity contribution in [2.45, 2.75) is 18.1 Å². The van der Waals surface area contributed by atoms with Crippen molar-refractivity contribution in [3.8, 4) is 0 Å². The molecule has 1 aromatic heterocycles. The fraction of sp³-hybridized carbons (Fsp3) is 0.636. The molecule has 0 aliphatic carbocycles. The highest BCUT2D eigenvalue weighted by atomic mass is 35.5. The summed E-state index contributed by atoms with van der Waals surface area (Å²) in [6.07, 6.45) is 6.66. The third-order valence-corrected chi connectivity index (χ3v) is 3.41. The summed E-state index contributed by atoms with van der Waals surface area (Å²) in [7, 11) is 0. The molecule has 4 nitrogen and oxygen atoms in total. The molecule has 0 amide bonds. The Morgan fingerprint density at radius 3 is 3.00 bits per heavy atom. The number of aromatic nitrogens is 2. The first kappa shape index (κ1) is 14.7. The van der Waals surface area contributed by atoms with Crippen molar-refractivity contribution in [3.05, 3.63) is 18.1 Å². The van der Waals surface area contributed by atoms with Gasteiger partial charge in [0.2, 0.25) is 0 Å². The van der Waals surface area contributed by atoms with Gasteiger partial charge in [-0.2, -0.15) is 0 Å². The number of hydrogen-bond donors (Lipinski definition) is 1. The summed E-state index contributed by atoms with van der Waals surface area (Å²) >= 11 is 1.61. The van der Waals surface area contributed by atoms with Gasteiger partial charge in [-0.3, -0.25) is 4.98 Å². The zero-order valence-corrected chi connectivity index (χ0v) is 11.5. The molecule has 1 atom stereocenters. The Kier molecular flexibility index (Phi) is 6.80. The Morgan fingerprint density at radius 2 is 2.29 bits per heavy atom. The lowest BCUT2D eigenvalue weighted by atomic mass is 10.1. The molecule has 17 heavy (non-hydrogen) atoms. The Hall–Kier alpha value is -0.360. The van der Waals surface area contributed by atoms with Gasteiger partial charge in [0.1, 0.15) is 5.03 Å². The maximum absolute atomic E-state index is 5.69. The van der Waals surface area contributed by atoms with Crippen LogP contribution in [0.5, 0.6) is 0 Å². The van der Waals surface area contributed by atoms with Crippen LogP contribution in [0, 0.1) is 5.92 Å². The molecule has 0 aromatic carbocycles. The lowest BCUT2D eigenvalue weighted by Crippen LogP contribution is -2.14. The van der Waals surface area contributed by atoms with E-state index in [1.165, 1.54) is 6.42 Å². The fourth-order valence-electron chi connectivity index (χ4n) is 1.80. The van der Waals surface area contributed by atoms with Gasteiger partial charge < -0.3 is 10.1 Å². The molecule has 6 heteroatoms. The molecule has 1 fully saturated rings. The van der Waals surface area contributed by atoms with Crippen LogP contribution in [-0.2, 0) is 11.3 Å². The van der Waals surface area contributed by atoms with Gasteiger partial charge in [0.05, 0.1) is 18.9 Å². The van der Waals surface area contributed by atoms with Crippen LogP contribution in [0.15, 0.2) is 17.4 Å². The molecule has 1 aliphatic rings. The van der Waals surface area contributed by atoms with Crippen LogP contribution in [0.4, 0.5) is 0 Å². The minimum absolute atomic E-state index is 0. The topological polar surface area (TPSA) is 47.0 Å². The van der Waals surface area contributed by atoms with Crippen molar-refractivity contribution in [2.75, 3.05) is 26.0 Å². The van der Waals surface area contributed by atoms with E-state index in [9.17, 15) is 0 Å². The Bertz CT molecular complexity index is 334. The van der Waals surface area contributed by atoms with E-state index >= 15 is 0 Å². The van der Waals surface area contributed by atoms with Gasteiger partial charge in [0.25, 0.3) is 0 Å². The number of ether oxygens (including phenoxy) is 1. The highest BCUT2D eigenvalue weighted by Gasteiger charge is 2.14. The minimum Gasteiger partial charge on any atom is -0.375 e. The van der Waals surface area contributed by atoms with E-state index in [2.05, 4.69) is 15.3 Å². The zero-order chi connectivity index (χ0) is 11.2. The van der Waals surface area contributed by atoms with Crippen LogP contribution in [0.3, 0.4) is 0 Å². The number of halogens is 1. The van der Waals surface area contributed by atoms with Crippen LogP contribution in [0.25, 0.3) is 0 Å². The van der Waals surface area contributed by atoms with Gasteiger partial charge in [0, 0.05) is 18.9 Å². The van der Waals surface area contributed by atoms with Crippen molar-refractivity contribution >= 4 is 24.2 Å². The monoisotopic (exact) mass is 275 g/mol. The second kappa shape index (κ2) is 7.87. The van der Waals surface area contributed by atoms with E-state index in [-0.39, 0.29) is 12.4 Å². The van der Waals surface area contributed by atoms with E-state index in [1.807, 2.05) is 6.26 Å². The Labute approximate surface area is 112 Å².